The number of anilines is 1. The molecule has 3 aromatic rings. The fourth-order valence-corrected chi connectivity index (χ4v) is 6.62. The molecule has 0 radical (unpaired) electrons. The molecule has 4 rings (SSSR count). The molecule has 236 valence electrons. The van der Waals surface area contributed by atoms with Gasteiger partial charge in [-0.25, -0.2) is 12.8 Å². The number of sulfonamides is 1. The average Bonchev–Trinajstić information content (AvgIpc) is 2.96. The van der Waals surface area contributed by atoms with Crippen molar-refractivity contribution in [2.75, 3.05) is 24.1 Å². The van der Waals surface area contributed by atoms with Crippen LogP contribution in [0.25, 0.3) is 0 Å². The van der Waals surface area contributed by atoms with Gasteiger partial charge in [-0.05, 0) is 75.7 Å². The van der Waals surface area contributed by atoms with Gasteiger partial charge >= 0.3 is 0 Å². The molecule has 3 aromatic carbocycles. The second-order valence-corrected chi connectivity index (χ2v) is 13.9. The molecule has 44 heavy (non-hydrogen) atoms. The van der Waals surface area contributed by atoms with Crippen molar-refractivity contribution < 1.29 is 31.9 Å². The van der Waals surface area contributed by atoms with Crippen LogP contribution in [0, 0.1) is 5.82 Å². The fourth-order valence-electron chi connectivity index (χ4n) is 4.67. The number of hydrogen-bond donors (Lipinski definition) is 1. The third-order valence-corrected chi connectivity index (χ3v) is 9.25. The highest BCUT2D eigenvalue weighted by atomic mass is 35.5. The molecule has 1 atom stereocenters. The van der Waals surface area contributed by atoms with E-state index in [0.717, 1.165) is 16.4 Å². The number of benzene rings is 3. The van der Waals surface area contributed by atoms with E-state index in [-0.39, 0.29) is 46.0 Å². The molecule has 1 heterocycles. The lowest BCUT2D eigenvalue weighted by atomic mass is 10.1. The monoisotopic (exact) mass is 665 g/mol. The maximum atomic E-state index is 14.2. The minimum absolute atomic E-state index is 0.0394. The van der Waals surface area contributed by atoms with Gasteiger partial charge in [0.2, 0.25) is 11.8 Å². The molecule has 0 aliphatic carbocycles. The van der Waals surface area contributed by atoms with Crippen molar-refractivity contribution in [3.8, 4) is 11.5 Å². The van der Waals surface area contributed by atoms with E-state index in [1.54, 1.807) is 25.1 Å². The highest BCUT2D eigenvalue weighted by Gasteiger charge is 2.35. The van der Waals surface area contributed by atoms with Crippen molar-refractivity contribution in [3.63, 3.8) is 0 Å². The predicted molar refractivity (Wildman–Crippen MR) is 167 cm³/mol. The lowest BCUT2D eigenvalue weighted by molar-refractivity contribution is -0.141. The zero-order valence-corrected chi connectivity index (χ0v) is 27.1. The number of carbonyl (C=O) groups is 2. The van der Waals surface area contributed by atoms with Gasteiger partial charge in [-0.1, -0.05) is 36.2 Å². The van der Waals surface area contributed by atoms with Gasteiger partial charge in [-0.3, -0.25) is 13.9 Å². The van der Waals surface area contributed by atoms with Gasteiger partial charge in [-0.2, -0.15) is 0 Å². The van der Waals surface area contributed by atoms with Gasteiger partial charge < -0.3 is 19.7 Å². The molecule has 9 nitrogen and oxygen atoms in total. The van der Waals surface area contributed by atoms with E-state index < -0.39 is 45.8 Å². The molecule has 0 saturated carbocycles. The molecular formula is C31H34Cl2FN3O6S. The molecule has 13 heteroatoms. The Morgan fingerprint density at radius 2 is 1.59 bits per heavy atom. The molecule has 0 fully saturated rings. The Morgan fingerprint density at radius 3 is 2.18 bits per heavy atom. The minimum Gasteiger partial charge on any atom is -0.486 e. The summed E-state index contributed by atoms with van der Waals surface area (Å²) in [4.78, 5) is 28.8. The topological polar surface area (TPSA) is 105 Å². The first-order chi connectivity index (χ1) is 20.7. The largest absolute Gasteiger partial charge is 0.486 e. The predicted octanol–water partition coefficient (Wildman–Crippen LogP) is 5.82. The number of ether oxygens (including phenoxy) is 2. The Hall–Kier alpha value is -3.54. The molecule has 0 aromatic heterocycles. The van der Waals surface area contributed by atoms with Crippen molar-refractivity contribution in [2.24, 2.45) is 0 Å². The highest BCUT2D eigenvalue weighted by Crippen LogP contribution is 2.35. The normalized spacial score (nSPS) is 13.6. The maximum Gasteiger partial charge on any atom is 0.264 e. The number of hydrogen-bond acceptors (Lipinski definition) is 6. The summed E-state index contributed by atoms with van der Waals surface area (Å²) in [6.07, 6.45) is 0.210. The van der Waals surface area contributed by atoms with Gasteiger partial charge in [0.15, 0.2) is 11.5 Å². The highest BCUT2D eigenvalue weighted by molar-refractivity contribution is 7.92. The lowest BCUT2D eigenvalue weighted by Crippen LogP contribution is -2.55. The van der Waals surface area contributed by atoms with Crippen molar-refractivity contribution in [1.29, 1.82) is 0 Å². The smallest absolute Gasteiger partial charge is 0.264 e. The van der Waals surface area contributed by atoms with E-state index in [2.05, 4.69) is 5.32 Å². The second-order valence-electron chi connectivity index (χ2n) is 11.2. The van der Waals surface area contributed by atoms with E-state index in [9.17, 15) is 22.4 Å². The second kappa shape index (κ2) is 13.6. The van der Waals surface area contributed by atoms with Crippen LogP contribution in [-0.2, 0) is 26.2 Å². The number of carbonyl (C=O) groups excluding carboxylic acids is 2. The molecule has 2 amide bonds. The van der Waals surface area contributed by atoms with Crippen LogP contribution in [-0.4, -0.2) is 56.5 Å². The van der Waals surface area contributed by atoms with Crippen LogP contribution in [0.3, 0.4) is 0 Å². The summed E-state index contributed by atoms with van der Waals surface area (Å²) < 4.78 is 54.1. The van der Waals surface area contributed by atoms with Gasteiger partial charge in [-0.15, -0.1) is 0 Å². The van der Waals surface area contributed by atoms with Crippen LogP contribution in [0.15, 0.2) is 65.6 Å². The van der Waals surface area contributed by atoms with Crippen molar-refractivity contribution in [1.82, 2.24) is 10.2 Å². The Labute approximate surface area is 266 Å². The van der Waals surface area contributed by atoms with Gasteiger partial charge in [0.05, 0.1) is 10.6 Å². The number of nitrogens with one attached hydrogen (secondary N) is 1. The van der Waals surface area contributed by atoms with Crippen molar-refractivity contribution in [3.05, 3.63) is 82.1 Å². The molecule has 1 N–H and O–H groups in total. The first-order valence-corrected chi connectivity index (χ1v) is 16.1. The van der Waals surface area contributed by atoms with Gasteiger partial charge in [0, 0.05) is 33.8 Å². The molecule has 1 aliphatic rings. The Kier molecular flexibility index (Phi) is 10.3. The van der Waals surface area contributed by atoms with Crippen LogP contribution in [0.2, 0.25) is 10.0 Å². The first-order valence-electron chi connectivity index (χ1n) is 13.9. The Balaban J connectivity index is 1.78. The van der Waals surface area contributed by atoms with Crippen LogP contribution >= 0.6 is 23.2 Å². The lowest BCUT2D eigenvalue weighted by Gasteiger charge is -2.35. The Bertz CT molecular complexity index is 1610. The van der Waals surface area contributed by atoms with E-state index in [1.165, 1.54) is 35.2 Å². The third kappa shape index (κ3) is 7.75. The molecule has 0 unspecified atom stereocenters. The maximum absolute atomic E-state index is 14.2. The van der Waals surface area contributed by atoms with Crippen LogP contribution in [0.5, 0.6) is 11.5 Å². The molecule has 0 saturated heterocycles. The third-order valence-electron chi connectivity index (χ3n) is 6.77. The number of amides is 2. The summed E-state index contributed by atoms with van der Waals surface area (Å²) in [6, 6.07) is 12.7. The summed E-state index contributed by atoms with van der Waals surface area (Å²) in [5.41, 5.74) is -0.171. The van der Waals surface area contributed by atoms with Crippen molar-refractivity contribution in [2.45, 2.75) is 57.1 Å². The quantitative estimate of drug-likeness (QED) is 0.293. The molecule has 1 aliphatic heterocycles. The summed E-state index contributed by atoms with van der Waals surface area (Å²) >= 11 is 12.9. The number of fused-ring (bicyclic) bond motifs is 1. The number of halogens is 3. The van der Waals surface area contributed by atoms with Crippen LogP contribution in [0.4, 0.5) is 10.1 Å². The van der Waals surface area contributed by atoms with Gasteiger partial charge in [0.1, 0.15) is 31.6 Å². The minimum atomic E-state index is -4.42. The molecular weight excluding hydrogens is 632 g/mol. The zero-order chi connectivity index (χ0) is 32.2. The Morgan fingerprint density at radius 1 is 0.977 bits per heavy atom. The SMILES string of the molecule is CC[C@H](C(=O)NC(C)(C)C)N(Cc1c(Cl)cccc1Cl)C(=O)CN(c1ccc(F)cc1)S(=O)(=O)c1ccc2c(c1)OCCO2. The summed E-state index contributed by atoms with van der Waals surface area (Å²) in [6.45, 7) is 6.84. The number of rotatable bonds is 10. The van der Waals surface area contributed by atoms with Crippen LogP contribution < -0.4 is 19.1 Å². The summed E-state index contributed by atoms with van der Waals surface area (Å²) in [5.74, 6) is -1.10. The average molecular weight is 667 g/mol. The molecule has 0 bridgehead atoms. The van der Waals surface area contributed by atoms with E-state index in [1.807, 2.05) is 20.8 Å². The van der Waals surface area contributed by atoms with E-state index in [4.69, 9.17) is 32.7 Å². The number of nitrogens with zero attached hydrogens (tertiary/aromatic N) is 2. The van der Waals surface area contributed by atoms with E-state index >= 15 is 0 Å². The van der Waals surface area contributed by atoms with E-state index in [0.29, 0.717) is 17.9 Å². The summed E-state index contributed by atoms with van der Waals surface area (Å²) in [7, 11) is -4.42. The van der Waals surface area contributed by atoms with Crippen LogP contribution in [0.1, 0.15) is 39.7 Å². The standard InChI is InChI=1S/C31H34Cl2FN3O6S/c1-5-26(30(39)35-31(2,3)4)36(18-23-24(32)7-6-8-25(23)33)29(38)19-37(21-11-9-20(34)10-12-21)44(40,41)22-13-14-27-28(17-22)43-16-15-42-27/h6-14,17,26H,5,15-16,18-19H2,1-4H3,(H,35,39)/t26-/m1/s1. The summed E-state index contributed by atoms with van der Waals surface area (Å²) in [5, 5.41) is 3.46. The van der Waals surface area contributed by atoms with Gasteiger partial charge in [0.25, 0.3) is 10.0 Å². The zero-order valence-electron chi connectivity index (χ0n) is 24.8. The molecule has 0 spiro atoms. The fraction of sp³-hybridized carbons (Fsp3) is 0.355. The first kappa shape index (κ1) is 33.4. The van der Waals surface area contributed by atoms with Crippen molar-refractivity contribution >= 4 is 50.7 Å².